The van der Waals surface area contributed by atoms with Gasteiger partial charge in [0.15, 0.2) is 5.82 Å². The third kappa shape index (κ3) is 8.06. The normalized spacial score (nSPS) is 12.7. The van der Waals surface area contributed by atoms with E-state index in [2.05, 4.69) is 371 Å². The molecule has 0 fully saturated rings. The molecule has 2 aliphatic rings. The lowest BCUT2D eigenvalue weighted by Crippen LogP contribution is -2.16. The number of nitrogens with zero attached hydrogens (tertiary/aromatic N) is 8. The van der Waals surface area contributed by atoms with Crippen LogP contribution in [0.5, 0.6) is 0 Å². The Labute approximate surface area is 629 Å². The van der Waals surface area contributed by atoms with Crippen molar-refractivity contribution in [1.29, 1.82) is 0 Å². The second-order valence-corrected chi connectivity index (χ2v) is 29.4. The molecule has 4 aromatic heterocycles. The van der Waals surface area contributed by atoms with Gasteiger partial charge in [0.1, 0.15) is 0 Å². The Morgan fingerprint density at radius 2 is 0.609 bits per heavy atom. The molecule has 506 valence electrons. The monoisotopic (exact) mass is 1390 g/mol. The number of anilines is 6. The standard InChI is InChI=1S/C102H58N8/c1-2-26-62(27-3-1)107-85-47-20-17-42-79(85)98-96-82(44-24-49-87(96)107)104-102(106-98)110-84-46-19-15-40-77(84)94-92-73-56-53-61(58-80(73)67-31-6-8-33-69(67)90(92)72-36-11-13-38-75(72)100(94)110)60-25-22-28-64(57-60)108-86-48-21-16-41-78(86)97-95-81(43-23-50-88(95)108)103-101(105-97)59-51-54-63(55-52-59)109-83-45-18-14-39-76(83)93-91-70-34-9-5-30-66(70)65-29-4-7-32-68(65)89(91)71-35-10-12-37-74(71)99(93)109/h1-58H. The van der Waals surface area contributed by atoms with Crippen molar-refractivity contribution < 1.29 is 0 Å². The van der Waals surface area contributed by atoms with Crippen molar-refractivity contribution in [2.75, 3.05) is 9.80 Å². The first-order valence-electron chi connectivity index (χ1n) is 37.7. The Morgan fingerprint density at radius 3 is 1.21 bits per heavy atom. The molecule has 0 N–H and O–H groups in total. The second-order valence-electron chi connectivity index (χ2n) is 29.4. The van der Waals surface area contributed by atoms with Gasteiger partial charge in [-0.25, -0.2) is 19.9 Å². The van der Waals surface area contributed by atoms with Gasteiger partial charge in [-0.3, -0.25) is 4.57 Å². The van der Waals surface area contributed by atoms with E-state index in [0.29, 0.717) is 11.8 Å². The van der Waals surface area contributed by atoms with Crippen LogP contribution in [0, 0.1) is 0 Å². The molecule has 0 radical (unpaired) electrons. The Hall–Kier alpha value is -14.9. The van der Waals surface area contributed by atoms with E-state index in [-0.39, 0.29) is 0 Å². The number of rotatable bonds is 6. The molecule has 6 heterocycles. The van der Waals surface area contributed by atoms with Gasteiger partial charge in [-0.15, -0.1) is 0 Å². The molecule has 25 rings (SSSR count). The van der Waals surface area contributed by atoms with Crippen LogP contribution in [0.3, 0.4) is 0 Å². The maximum Gasteiger partial charge on any atom is 0.235 e. The van der Waals surface area contributed by atoms with Gasteiger partial charge in [-0.2, -0.15) is 0 Å². The van der Waals surface area contributed by atoms with E-state index in [4.69, 9.17) is 19.9 Å². The molecule has 0 amide bonds. The number of benzene rings is 19. The van der Waals surface area contributed by atoms with Crippen molar-refractivity contribution in [1.82, 2.24) is 29.1 Å². The van der Waals surface area contributed by atoms with Gasteiger partial charge < -0.3 is 14.4 Å². The van der Waals surface area contributed by atoms with Gasteiger partial charge in [0.2, 0.25) is 5.95 Å². The summed E-state index contributed by atoms with van der Waals surface area (Å²) < 4.78 is 4.83. The number of hydrogen-bond donors (Lipinski definition) is 0. The number of para-hydroxylation sites is 5. The van der Waals surface area contributed by atoms with Gasteiger partial charge in [-0.05, 0) is 179 Å². The minimum atomic E-state index is 0.633. The van der Waals surface area contributed by atoms with Crippen LogP contribution in [-0.2, 0) is 0 Å². The van der Waals surface area contributed by atoms with Gasteiger partial charge in [0.05, 0.1) is 78.0 Å². The van der Waals surface area contributed by atoms with Gasteiger partial charge in [0.25, 0.3) is 0 Å². The Balaban J connectivity index is 0.625. The average Bonchev–Trinajstić information content (AvgIpc) is 1.48. The van der Waals surface area contributed by atoms with Crippen molar-refractivity contribution in [3.63, 3.8) is 0 Å². The van der Waals surface area contributed by atoms with Crippen molar-refractivity contribution >= 4 is 186 Å². The van der Waals surface area contributed by atoms with E-state index in [1.54, 1.807) is 0 Å². The van der Waals surface area contributed by atoms with E-state index in [1.165, 1.54) is 102 Å². The van der Waals surface area contributed by atoms with Crippen molar-refractivity contribution in [3.8, 4) is 56.7 Å². The molecule has 8 heteroatoms. The molecule has 0 saturated heterocycles. The molecule has 0 atom stereocenters. The molecule has 110 heavy (non-hydrogen) atoms. The number of hydrogen-bond acceptors (Lipinski definition) is 6. The highest BCUT2D eigenvalue weighted by Crippen LogP contribution is 2.56. The summed E-state index contributed by atoms with van der Waals surface area (Å²) in [5.74, 6) is 1.31. The largest absolute Gasteiger partial charge is 0.309 e. The fourth-order valence-electron chi connectivity index (χ4n) is 19.4. The molecule has 23 aromatic rings. The van der Waals surface area contributed by atoms with E-state index >= 15 is 0 Å². The van der Waals surface area contributed by atoms with Crippen molar-refractivity contribution in [2.24, 2.45) is 0 Å². The smallest absolute Gasteiger partial charge is 0.235 e. The predicted octanol–water partition coefficient (Wildman–Crippen LogP) is 27.2. The Morgan fingerprint density at radius 1 is 0.200 bits per heavy atom. The Kier molecular flexibility index (Phi) is 12.1. The lowest BCUT2D eigenvalue weighted by atomic mass is 9.87. The molecule has 0 saturated carbocycles. The fourth-order valence-corrected chi connectivity index (χ4v) is 19.4. The van der Waals surface area contributed by atoms with Crippen LogP contribution in [0.4, 0.5) is 34.1 Å². The quantitative estimate of drug-likeness (QED) is 0.155. The van der Waals surface area contributed by atoms with E-state index in [0.717, 1.165) is 128 Å². The van der Waals surface area contributed by atoms with Gasteiger partial charge in [0, 0.05) is 76.8 Å². The zero-order valence-corrected chi connectivity index (χ0v) is 59.1. The highest BCUT2D eigenvalue weighted by atomic mass is 15.2. The summed E-state index contributed by atoms with van der Waals surface area (Å²) in [7, 11) is 0. The first kappa shape index (κ1) is 59.4. The van der Waals surface area contributed by atoms with Crippen LogP contribution in [0.2, 0.25) is 0 Å². The molecule has 0 spiro atoms. The molecule has 0 bridgehead atoms. The van der Waals surface area contributed by atoms with Crippen LogP contribution >= 0.6 is 0 Å². The van der Waals surface area contributed by atoms with Gasteiger partial charge in [-0.1, -0.05) is 249 Å². The van der Waals surface area contributed by atoms with Gasteiger partial charge >= 0.3 is 0 Å². The van der Waals surface area contributed by atoms with Crippen LogP contribution < -0.4 is 9.80 Å². The van der Waals surface area contributed by atoms with Crippen LogP contribution in [0.1, 0.15) is 0 Å². The van der Waals surface area contributed by atoms with Crippen molar-refractivity contribution in [3.05, 3.63) is 352 Å². The SMILES string of the molecule is c1ccc(N2c3ccccc3-c3nc(-n4c5ccccc5c5c6c7ccc(-c8cccc(N9c%10ccccc%10-c%10nc(-c%11ccc(-n%12c%13ccccc%13c%13c%14c%15ccccc%15c%15ccccc%15c%14c%14ccccc%14c%13%12)cc%11)nc%11cccc9c%10%11)c8)cc7c7ccccc7c6c6ccccc6c54)nc4cccc2c34)cc1. The summed E-state index contributed by atoms with van der Waals surface area (Å²) in [5, 5.41) is 26.5. The minimum absolute atomic E-state index is 0.633. The molecule has 2 aliphatic heterocycles. The van der Waals surface area contributed by atoms with Crippen LogP contribution in [0.25, 0.3) is 208 Å². The van der Waals surface area contributed by atoms with Crippen LogP contribution in [-0.4, -0.2) is 29.1 Å². The third-order valence-electron chi connectivity index (χ3n) is 23.8. The molecule has 0 unspecified atom stereocenters. The first-order valence-corrected chi connectivity index (χ1v) is 37.7. The maximum atomic E-state index is 5.74. The highest BCUT2D eigenvalue weighted by Gasteiger charge is 2.33. The minimum Gasteiger partial charge on any atom is -0.309 e. The van der Waals surface area contributed by atoms with Crippen molar-refractivity contribution in [2.45, 2.75) is 0 Å². The zero-order valence-electron chi connectivity index (χ0n) is 59.1. The highest BCUT2D eigenvalue weighted by molar-refractivity contribution is 6.45. The third-order valence-corrected chi connectivity index (χ3v) is 23.8. The molecule has 19 aromatic carbocycles. The Bertz CT molecular complexity index is 8050. The first-order chi connectivity index (χ1) is 54.6. The van der Waals surface area contributed by atoms with Crippen LogP contribution in [0.15, 0.2) is 352 Å². The second kappa shape index (κ2) is 22.4. The summed E-state index contributed by atoms with van der Waals surface area (Å²) in [6.45, 7) is 0. The van der Waals surface area contributed by atoms with E-state index in [1.807, 2.05) is 0 Å². The summed E-state index contributed by atoms with van der Waals surface area (Å²) >= 11 is 0. The summed E-state index contributed by atoms with van der Waals surface area (Å²) in [5.41, 5.74) is 20.8. The molecular formula is C102H58N8. The van der Waals surface area contributed by atoms with E-state index in [9.17, 15) is 0 Å². The lowest BCUT2D eigenvalue weighted by molar-refractivity contribution is 1.01. The topological polar surface area (TPSA) is 67.9 Å². The maximum absolute atomic E-state index is 5.74. The molecule has 0 aliphatic carbocycles. The number of fused-ring (bicyclic) bond motifs is 30. The zero-order chi connectivity index (χ0) is 71.6. The summed E-state index contributed by atoms with van der Waals surface area (Å²) in [6, 6.07) is 129. The number of aromatic nitrogens is 6. The fraction of sp³-hybridized carbons (Fsp3) is 0. The summed E-state index contributed by atoms with van der Waals surface area (Å²) in [6.07, 6.45) is 0. The van der Waals surface area contributed by atoms with E-state index < -0.39 is 0 Å². The molecular weight excluding hydrogens is 1340 g/mol. The lowest BCUT2D eigenvalue weighted by Gasteiger charge is -2.33. The molecule has 8 nitrogen and oxygen atoms in total. The average molecular weight is 1400 g/mol. The summed E-state index contributed by atoms with van der Waals surface area (Å²) in [4.78, 5) is 27.2. The predicted molar refractivity (Wildman–Crippen MR) is 460 cm³/mol.